The molecule has 9 heteroatoms. The first-order valence-corrected chi connectivity index (χ1v) is 13.2. The van der Waals surface area contributed by atoms with Crippen molar-refractivity contribution in [1.29, 1.82) is 0 Å². The summed E-state index contributed by atoms with van der Waals surface area (Å²) in [4.78, 5) is 38.6. The van der Waals surface area contributed by atoms with Gasteiger partial charge in [0.15, 0.2) is 0 Å². The number of carbonyl (C=O) groups excluding carboxylic acids is 1. The van der Waals surface area contributed by atoms with Crippen molar-refractivity contribution in [2.45, 2.75) is 52.7 Å². The summed E-state index contributed by atoms with van der Waals surface area (Å²) < 4.78 is 9.11. The first kappa shape index (κ1) is 26.1. The normalized spacial score (nSPS) is 12.1. The Kier molecular flexibility index (Phi) is 7.67. The number of hydrogen-bond donors (Lipinski definition) is 0. The molecule has 5 aromatic rings. The third-order valence-corrected chi connectivity index (χ3v) is 6.97. The summed E-state index contributed by atoms with van der Waals surface area (Å²) >= 11 is 0. The molecule has 0 aliphatic rings. The van der Waals surface area contributed by atoms with E-state index in [0.29, 0.717) is 54.9 Å². The zero-order valence-electron chi connectivity index (χ0n) is 22.4. The number of rotatable bonds is 10. The minimum absolute atomic E-state index is 0.109. The molecule has 0 spiro atoms. The molecule has 2 aromatic carbocycles. The zero-order valence-corrected chi connectivity index (χ0v) is 22.4. The Morgan fingerprint density at radius 1 is 1.08 bits per heavy atom. The van der Waals surface area contributed by atoms with E-state index in [0.717, 1.165) is 11.1 Å². The second kappa shape index (κ2) is 11.5. The SMILES string of the molecule is CCC(c1nc2onc(C)c2c(=O)n1Cc1ccccc1)N(CCCn1ccnc1)C(=O)c1ccc(C)cc1. The fraction of sp³-hybridized carbons (Fsp3) is 0.300. The van der Waals surface area contributed by atoms with E-state index in [1.54, 1.807) is 24.0 Å². The lowest BCUT2D eigenvalue weighted by Crippen LogP contribution is -2.40. The lowest BCUT2D eigenvalue weighted by Gasteiger charge is -2.32. The fourth-order valence-electron chi connectivity index (χ4n) is 4.90. The Balaban J connectivity index is 1.60. The van der Waals surface area contributed by atoms with Gasteiger partial charge in [-0.2, -0.15) is 4.98 Å². The van der Waals surface area contributed by atoms with Crippen LogP contribution in [-0.2, 0) is 13.1 Å². The molecule has 0 bridgehead atoms. The van der Waals surface area contributed by atoms with Gasteiger partial charge in [-0.05, 0) is 44.4 Å². The Labute approximate surface area is 226 Å². The molecule has 0 aliphatic carbocycles. The number of benzene rings is 2. The molecule has 3 aromatic heterocycles. The highest BCUT2D eigenvalue weighted by molar-refractivity contribution is 5.94. The second-order valence-corrected chi connectivity index (χ2v) is 9.74. The number of aryl methyl sites for hydroxylation is 3. The van der Waals surface area contributed by atoms with Gasteiger partial charge in [0.2, 0.25) is 0 Å². The van der Waals surface area contributed by atoms with Gasteiger partial charge in [-0.25, -0.2) is 4.98 Å². The maximum absolute atomic E-state index is 14.0. The van der Waals surface area contributed by atoms with E-state index in [-0.39, 0.29) is 17.2 Å². The van der Waals surface area contributed by atoms with Crippen molar-refractivity contribution in [3.05, 3.63) is 112 Å². The highest BCUT2D eigenvalue weighted by atomic mass is 16.5. The number of amides is 1. The summed E-state index contributed by atoms with van der Waals surface area (Å²) in [6.07, 6.45) is 6.68. The van der Waals surface area contributed by atoms with E-state index in [4.69, 9.17) is 9.51 Å². The molecule has 200 valence electrons. The lowest BCUT2D eigenvalue weighted by atomic mass is 10.1. The van der Waals surface area contributed by atoms with Crippen molar-refractivity contribution in [3.63, 3.8) is 0 Å². The van der Waals surface area contributed by atoms with Gasteiger partial charge in [0.05, 0.1) is 24.6 Å². The van der Waals surface area contributed by atoms with Gasteiger partial charge < -0.3 is 14.0 Å². The van der Waals surface area contributed by atoms with E-state index in [1.807, 2.05) is 84.1 Å². The average molecular weight is 525 g/mol. The maximum atomic E-state index is 14.0. The monoisotopic (exact) mass is 524 g/mol. The quantitative estimate of drug-likeness (QED) is 0.257. The van der Waals surface area contributed by atoms with Crippen molar-refractivity contribution in [2.75, 3.05) is 6.54 Å². The van der Waals surface area contributed by atoms with E-state index < -0.39 is 6.04 Å². The van der Waals surface area contributed by atoms with E-state index in [1.165, 1.54) is 0 Å². The van der Waals surface area contributed by atoms with Crippen LogP contribution in [0.1, 0.15) is 58.8 Å². The smallest absolute Gasteiger partial charge is 0.267 e. The van der Waals surface area contributed by atoms with Crippen LogP contribution in [0.5, 0.6) is 0 Å². The average Bonchev–Trinajstić information content (AvgIpc) is 3.60. The molecular weight excluding hydrogens is 492 g/mol. The number of hydrogen-bond acceptors (Lipinski definition) is 6. The fourth-order valence-corrected chi connectivity index (χ4v) is 4.90. The minimum Gasteiger partial charge on any atom is -0.337 e. The van der Waals surface area contributed by atoms with Crippen molar-refractivity contribution in [1.82, 2.24) is 29.2 Å². The van der Waals surface area contributed by atoms with Crippen molar-refractivity contribution in [2.24, 2.45) is 0 Å². The van der Waals surface area contributed by atoms with Crippen molar-refractivity contribution < 1.29 is 9.32 Å². The van der Waals surface area contributed by atoms with Crippen LogP contribution in [0, 0.1) is 13.8 Å². The number of fused-ring (bicyclic) bond motifs is 1. The molecule has 5 rings (SSSR count). The molecule has 0 saturated carbocycles. The Morgan fingerprint density at radius 3 is 2.54 bits per heavy atom. The summed E-state index contributed by atoms with van der Waals surface area (Å²) in [5.41, 5.74) is 3.10. The third kappa shape index (κ3) is 5.52. The van der Waals surface area contributed by atoms with Crippen LogP contribution < -0.4 is 5.56 Å². The molecule has 0 aliphatic heterocycles. The van der Waals surface area contributed by atoms with Crippen LogP contribution in [0.2, 0.25) is 0 Å². The van der Waals surface area contributed by atoms with Gasteiger partial charge in [0.1, 0.15) is 11.2 Å². The summed E-state index contributed by atoms with van der Waals surface area (Å²) in [5, 5.41) is 4.37. The first-order chi connectivity index (χ1) is 19.0. The van der Waals surface area contributed by atoms with Crippen LogP contribution in [0.15, 0.2) is 82.6 Å². The second-order valence-electron chi connectivity index (χ2n) is 9.74. The van der Waals surface area contributed by atoms with Crippen LogP contribution in [0.25, 0.3) is 11.1 Å². The molecular formula is C30H32N6O3. The number of aromatic nitrogens is 5. The Bertz CT molecular complexity index is 1600. The van der Waals surface area contributed by atoms with E-state index in [2.05, 4.69) is 10.1 Å². The van der Waals surface area contributed by atoms with Crippen molar-refractivity contribution >= 4 is 17.0 Å². The van der Waals surface area contributed by atoms with Gasteiger partial charge in [0, 0.05) is 31.0 Å². The van der Waals surface area contributed by atoms with E-state index in [9.17, 15) is 9.59 Å². The van der Waals surface area contributed by atoms with Crippen molar-refractivity contribution in [3.8, 4) is 0 Å². The molecule has 1 amide bonds. The summed E-state index contributed by atoms with van der Waals surface area (Å²) in [6.45, 7) is 7.23. The number of imidazole rings is 1. The molecule has 0 radical (unpaired) electrons. The summed E-state index contributed by atoms with van der Waals surface area (Å²) in [5.74, 6) is 0.375. The predicted octanol–water partition coefficient (Wildman–Crippen LogP) is 4.93. The molecule has 3 heterocycles. The number of nitrogens with zero attached hydrogens (tertiary/aromatic N) is 6. The largest absolute Gasteiger partial charge is 0.337 e. The Morgan fingerprint density at radius 2 is 1.85 bits per heavy atom. The van der Waals surface area contributed by atoms with Gasteiger partial charge in [0.25, 0.3) is 17.2 Å². The minimum atomic E-state index is -0.465. The van der Waals surface area contributed by atoms with Crippen LogP contribution in [0.4, 0.5) is 0 Å². The summed E-state index contributed by atoms with van der Waals surface area (Å²) in [7, 11) is 0. The summed E-state index contributed by atoms with van der Waals surface area (Å²) in [6, 6.07) is 16.9. The van der Waals surface area contributed by atoms with Gasteiger partial charge in [-0.1, -0.05) is 60.1 Å². The lowest BCUT2D eigenvalue weighted by molar-refractivity contribution is 0.0651. The maximum Gasteiger partial charge on any atom is 0.267 e. The molecule has 0 saturated heterocycles. The number of carbonyl (C=O) groups is 1. The van der Waals surface area contributed by atoms with E-state index >= 15 is 0 Å². The molecule has 0 fully saturated rings. The Hall–Kier alpha value is -4.53. The zero-order chi connectivity index (χ0) is 27.4. The van der Waals surface area contributed by atoms with Gasteiger partial charge >= 0.3 is 0 Å². The molecule has 9 nitrogen and oxygen atoms in total. The standard InChI is InChI=1S/C30H32N6O3/c1-4-25(35(17-8-16-34-18-15-31-20-34)29(37)24-13-11-21(2)12-14-24)27-32-28-26(22(3)33-39-28)30(38)36(27)19-23-9-6-5-7-10-23/h5-7,9-15,18,20,25H,4,8,16-17,19H2,1-3H3. The van der Waals surface area contributed by atoms with Crippen LogP contribution >= 0.6 is 0 Å². The topological polar surface area (TPSA) is 99.1 Å². The van der Waals surface area contributed by atoms with Gasteiger partial charge in [-0.15, -0.1) is 0 Å². The highest BCUT2D eigenvalue weighted by Gasteiger charge is 2.30. The third-order valence-electron chi connectivity index (χ3n) is 6.97. The van der Waals surface area contributed by atoms with Gasteiger partial charge in [-0.3, -0.25) is 14.2 Å². The molecule has 0 N–H and O–H groups in total. The van der Waals surface area contributed by atoms with Crippen LogP contribution in [-0.4, -0.2) is 41.6 Å². The molecule has 1 atom stereocenters. The molecule has 1 unspecified atom stereocenters. The molecule has 39 heavy (non-hydrogen) atoms. The first-order valence-electron chi connectivity index (χ1n) is 13.2. The van der Waals surface area contributed by atoms with Crippen LogP contribution in [0.3, 0.4) is 0 Å². The highest BCUT2D eigenvalue weighted by Crippen LogP contribution is 2.27. The predicted molar refractivity (Wildman–Crippen MR) is 148 cm³/mol.